The number of carbonyl (C=O) groups excluding carboxylic acids is 1. The van der Waals surface area contributed by atoms with E-state index in [-0.39, 0.29) is 12.0 Å². The Morgan fingerprint density at radius 1 is 1.19 bits per heavy atom. The highest BCUT2D eigenvalue weighted by atomic mass is 32.2. The number of carbonyl (C=O) groups is 1. The number of benzene rings is 2. The molecule has 7 heteroatoms. The normalized spacial score (nSPS) is 14.9. The van der Waals surface area contributed by atoms with Crippen LogP contribution in [0.2, 0.25) is 0 Å². The van der Waals surface area contributed by atoms with Crippen LogP contribution in [0.4, 0.5) is 0 Å². The van der Waals surface area contributed by atoms with Gasteiger partial charge in [0.2, 0.25) is 5.91 Å². The van der Waals surface area contributed by atoms with Gasteiger partial charge in [0, 0.05) is 42.1 Å². The molecule has 0 spiro atoms. The van der Waals surface area contributed by atoms with Gasteiger partial charge in [-0.3, -0.25) is 4.79 Å². The molecule has 0 saturated carbocycles. The first-order chi connectivity index (χ1) is 15.0. The first kappa shape index (κ1) is 22.0. The van der Waals surface area contributed by atoms with E-state index in [1.54, 1.807) is 18.4 Å². The maximum atomic E-state index is 12.7. The average Bonchev–Trinajstić information content (AvgIpc) is 3.16. The van der Waals surface area contributed by atoms with E-state index in [4.69, 9.17) is 9.47 Å². The fraction of sp³-hybridized carbons (Fsp3) is 0.417. The van der Waals surface area contributed by atoms with E-state index in [9.17, 15) is 4.79 Å². The number of fused-ring (bicyclic) bond motifs is 1. The number of hydrogen-bond donors (Lipinski definition) is 0. The Balaban J connectivity index is 1.27. The molecule has 0 bridgehead atoms. The molecule has 2 aromatic carbocycles. The molecule has 1 aromatic heterocycles. The number of hydrogen-bond acceptors (Lipinski definition) is 6. The molecule has 4 rings (SSSR count). The smallest absolute Gasteiger partial charge is 0.274 e. The molecule has 0 N–H and O–H groups in total. The van der Waals surface area contributed by atoms with Gasteiger partial charge in [-0.1, -0.05) is 37.3 Å². The third-order valence-corrected chi connectivity index (χ3v) is 7.23. The van der Waals surface area contributed by atoms with E-state index >= 15 is 0 Å². The number of nitrogens with zero attached hydrogens (tertiary/aromatic N) is 2. The molecule has 0 radical (unpaired) electrons. The van der Waals surface area contributed by atoms with Crippen molar-refractivity contribution in [2.45, 2.75) is 49.4 Å². The Morgan fingerprint density at radius 2 is 1.94 bits per heavy atom. The molecule has 0 aliphatic carbocycles. The summed E-state index contributed by atoms with van der Waals surface area (Å²) in [5.74, 6) is 0.985. The number of rotatable bonds is 7. The summed E-state index contributed by atoms with van der Waals surface area (Å²) >= 11 is 3.39. The number of aromatic nitrogens is 1. The number of piperidine rings is 1. The largest absolute Gasteiger partial charge is 0.497 e. The maximum Gasteiger partial charge on any atom is 0.274 e. The Morgan fingerprint density at radius 3 is 2.61 bits per heavy atom. The molecule has 1 aliphatic rings. The van der Waals surface area contributed by atoms with Gasteiger partial charge in [-0.25, -0.2) is 4.98 Å². The van der Waals surface area contributed by atoms with Crippen LogP contribution in [0, 0.1) is 0 Å². The number of thioether (sulfide) groups is 1. The van der Waals surface area contributed by atoms with Crippen LogP contribution in [0.5, 0.6) is 10.9 Å². The van der Waals surface area contributed by atoms with Crippen LogP contribution >= 0.6 is 23.1 Å². The molecule has 5 nitrogen and oxygen atoms in total. The van der Waals surface area contributed by atoms with Crippen LogP contribution < -0.4 is 9.47 Å². The third-order valence-electron chi connectivity index (χ3n) is 5.29. The Labute approximate surface area is 191 Å². The molecule has 31 heavy (non-hydrogen) atoms. The van der Waals surface area contributed by atoms with Crippen molar-refractivity contribution in [1.29, 1.82) is 0 Å². The topological polar surface area (TPSA) is 51.7 Å². The van der Waals surface area contributed by atoms with Gasteiger partial charge in [-0.05, 0) is 29.8 Å². The summed E-state index contributed by atoms with van der Waals surface area (Å²) < 4.78 is 12.5. The number of thiazole rings is 1. The molecule has 1 amide bonds. The first-order valence-electron chi connectivity index (χ1n) is 10.6. The van der Waals surface area contributed by atoms with Gasteiger partial charge in [-0.15, -0.1) is 11.8 Å². The third kappa shape index (κ3) is 5.71. The number of methoxy groups -OCH3 is 1. The molecular weight excluding hydrogens is 428 g/mol. The summed E-state index contributed by atoms with van der Waals surface area (Å²) in [4.78, 5) is 20.5. The maximum absolute atomic E-state index is 12.7. The zero-order valence-electron chi connectivity index (χ0n) is 18.2. The Kier molecular flexibility index (Phi) is 7.02. The van der Waals surface area contributed by atoms with Gasteiger partial charge >= 0.3 is 0 Å². The van der Waals surface area contributed by atoms with Crippen LogP contribution in [0.3, 0.4) is 0 Å². The molecule has 164 valence electrons. The van der Waals surface area contributed by atoms with E-state index in [1.807, 2.05) is 34.9 Å². The standard InChI is InChI=1S/C24H28N2O3S2/c1-16(2)30-20-7-4-17(5-8-20)14-23(27)26-12-10-18(11-13-26)29-24-25-21-15-19(28-3)6-9-22(21)31-24/h4-9,15-16,18H,10-14H2,1-3H3. The second-order valence-electron chi connectivity index (χ2n) is 8.00. The van der Waals surface area contributed by atoms with E-state index in [2.05, 4.69) is 43.1 Å². The van der Waals surface area contributed by atoms with Crippen LogP contribution in [0.25, 0.3) is 10.2 Å². The zero-order chi connectivity index (χ0) is 21.8. The van der Waals surface area contributed by atoms with Gasteiger partial charge < -0.3 is 14.4 Å². The summed E-state index contributed by atoms with van der Waals surface area (Å²) in [6.45, 7) is 5.82. The van der Waals surface area contributed by atoms with Crippen molar-refractivity contribution in [1.82, 2.24) is 9.88 Å². The first-order valence-corrected chi connectivity index (χ1v) is 12.3. The predicted octanol–water partition coefficient (Wildman–Crippen LogP) is 5.42. The lowest BCUT2D eigenvalue weighted by atomic mass is 10.1. The summed E-state index contributed by atoms with van der Waals surface area (Å²) in [5, 5.41) is 1.24. The number of amides is 1. The summed E-state index contributed by atoms with van der Waals surface area (Å²) in [7, 11) is 1.65. The van der Waals surface area contributed by atoms with Crippen molar-refractivity contribution < 1.29 is 14.3 Å². The van der Waals surface area contributed by atoms with Crippen LogP contribution in [-0.4, -0.2) is 47.3 Å². The van der Waals surface area contributed by atoms with E-state index in [1.165, 1.54) is 4.90 Å². The zero-order valence-corrected chi connectivity index (χ0v) is 19.8. The highest BCUT2D eigenvalue weighted by Crippen LogP contribution is 2.32. The van der Waals surface area contributed by atoms with E-state index in [0.29, 0.717) is 16.9 Å². The monoisotopic (exact) mass is 456 g/mol. The number of likely N-dealkylation sites (tertiary alicyclic amines) is 1. The SMILES string of the molecule is COc1ccc2sc(OC3CCN(C(=O)Cc4ccc(SC(C)C)cc4)CC3)nc2c1. The average molecular weight is 457 g/mol. The molecule has 0 unspecified atom stereocenters. The van der Waals surface area contributed by atoms with Crippen LogP contribution in [0.15, 0.2) is 47.4 Å². The minimum Gasteiger partial charge on any atom is -0.497 e. The van der Waals surface area contributed by atoms with Gasteiger partial charge in [0.15, 0.2) is 0 Å². The fourth-order valence-electron chi connectivity index (χ4n) is 3.67. The summed E-state index contributed by atoms with van der Waals surface area (Å²) in [6, 6.07) is 14.2. The molecule has 2 heterocycles. The summed E-state index contributed by atoms with van der Waals surface area (Å²) in [6.07, 6.45) is 2.21. The second-order valence-corrected chi connectivity index (χ2v) is 10.6. The second kappa shape index (κ2) is 9.92. The van der Waals surface area contributed by atoms with E-state index < -0.39 is 0 Å². The van der Waals surface area contributed by atoms with Crippen molar-refractivity contribution >= 4 is 39.2 Å². The minimum absolute atomic E-state index is 0.0962. The Bertz CT molecular complexity index is 1020. The quantitative estimate of drug-likeness (QED) is 0.445. The van der Waals surface area contributed by atoms with Gasteiger partial charge in [0.1, 0.15) is 11.9 Å². The lowest BCUT2D eigenvalue weighted by Crippen LogP contribution is -2.42. The molecule has 1 fully saturated rings. The van der Waals surface area contributed by atoms with Gasteiger partial charge in [0.05, 0.1) is 23.7 Å². The Hall–Kier alpha value is -2.25. The highest BCUT2D eigenvalue weighted by molar-refractivity contribution is 7.99. The van der Waals surface area contributed by atoms with Crippen molar-refractivity contribution in [2.75, 3.05) is 20.2 Å². The fourth-order valence-corrected chi connectivity index (χ4v) is 5.37. The van der Waals surface area contributed by atoms with Crippen molar-refractivity contribution in [3.05, 3.63) is 48.0 Å². The predicted molar refractivity (Wildman–Crippen MR) is 128 cm³/mol. The van der Waals surface area contributed by atoms with Crippen LogP contribution in [0.1, 0.15) is 32.3 Å². The molecule has 1 aliphatic heterocycles. The van der Waals surface area contributed by atoms with Crippen molar-refractivity contribution in [2.24, 2.45) is 0 Å². The molecule has 1 saturated heterocycles. The summed E-state index contributed by atoms with van der Waals surface area (Å²) in [5.41, 5.74) is 1.96. The molecular formula is C24H28N2O3S2. The van der Waals surface area contributed by atoms with Crippen molar-refractivity contribution in [3.8, 4) is 10.9 Å². The highest BCUT2D eigenvalue weighted by Gasteiger charge is 2.25. The van der Waals surface area contributed by atoms with Crippen molar-refractivity contribution in [3.63, 3.8) is 0 Å². The van der Waals surface area contributed by atoms with Gasteiger partial charge in [-0.2, -0.15) is 0 Å². The lowest BCUT2D eigenvalue weighted by Gasteiger charge is -2.31. The van der Waals surface area contributed by atoms with Crippen LogP contribution in [-0.2, 0) is 11.2 Å². The van der Waals surface area contributed by atoms with Gasteiger partial charge in [0.25, 0.3) is 5.19 Å². The minimum atomic E-state index is 0.0962. The molecule has 3 aromatic rings. The van der Waals surface area contributed by atoms with E-state index in [0.717, 1.165) is 47.5 Å². The molecule has 0 atom stereocenters. The number of ether oxygens (including phenoxy) is 2. The lowest BCUT2D eigenvalue weighted by molar-refractivity contribution is -0.132.